The predicted octanol–water partition coefficient (Wildman–Crippen LogP) is 3.23. The smallest absolute Gasteiger partial charge is 0.0241 e. The van der Waals surface area contributed by atoms with Gasteiger partial charge < -0.3 is 10.2 Å². The summed E-state index contributed by atoms with van der Waals surface area (Å²) >= 11 is 3.59. The van der Waals surface area contributed by atoms with Crippen molar-refractivity contribution < 1.29 is 0 Å². The Morgan fingerprint density at radius 3 is 2.74 bits per heavy atom. The highest BCUT2D eigenvalue weighted by atomic mass is 79.9. The van der Waals surface area contributed by atoms with Crippen LogP contribution in [0.15, 0.2) is 22.7 Å². The molecule has 4 heteroatoms. The SMILES string of the molecule is Brc1ccc2c(c1)CN(CCN1CCCC3(CCCNC3)C1)C2. The molecule has 23 heavy (non-hydrogen) atoms. The monoisotopic (exact) mass is 377 g/mol. The summed E-state index contributed by atoms with van der Waals surface area (Å²) in [6, 6.07) is 6.74. The molecule has 0 aliphatic carbocycles. The van der Waals surface area contributed by atoms with Gasteiger partial charge in [0, 0.05) is 43.7 Å². The lowest BCUT2D eigenvalue weighted by atomic mass is 9.74. The zero-order chi connectivity index (χ0) is 15.7. The van der Waals surface area contributed by atoms with Crippen molar-refractivity contribution in [2.75, 3.05) is 39.3 Å². The van der Waals surface area contributed by atoms with Gasteiger partial charge in [-0.3, -0.25) is 4.90 Å². The van der Waals surface area contributed by atoms with Crippen molar-refractivity contribution >= 4 is 15.9 Å². The molecule has 2 fully saturated rings. The van der Waals surface area contributed by atoms with Gasteiger partial charge in [-0.05, 0) is 67.4 Å². The molecular weight excluding hydrogens is 350 g/mol. The number of nitrogens with one attached hydrogen (secondary N) is 1. The van der Waals surface area contributed by atoms with E-state index in [-0.39, 0.29) is 0 Å². The molecule has 1 aromatic carbocycles. The van der Waals surface area contributed by atoms with Crippen LogP contribution in [0.1, 0.15) is 36.8 Å². The molecule has 3 heterocycles. The van der Waals surface area contributed by atoms with Crippen LogP contribution in [0.25, 0.3) is 0 Å². The van der Waals surface area contributed by atoms with E-state index in [0.717, 1.165) is 13.1 Å². The maximum Gasteiger partial charge on any atom is 0.0241 e. The number of halogens is 1. The maximum atomic E-state index is 3.64. The third-order valence-corrected chi connectivity index (χ3v) is 6.48. The number of likely N-dealkylation sites (tertiary alicyclic amines) is 1. The summed E-state index contributed by atoms with van der Waals surface area (Å²) in [6.45, 7) is 9.77. The van der Waals surface area contributed by atoms with E-state index in [9.17, 15) is 0 Å². The molecule has 0 saturated carbocycles. The van der Waals surface area contributed by atoms with Crippen molar-refractivity contribution in [1.82, 2.24) is 15.1 Å². The van der Waals surface area contributed by atoms with Crippen molar-refractivity contribution in [2.24, 2.45) is 5.41 Å². The lowest BCUT2D eigenvalue weighted by Crippen LogP contribution is -2.52. The number of hydrogen-bond acceptors (Lipinski definition) is 3. The average molecular weight is 378 g/mol. The molecule has 1 N–H and O–H groups in total. The Morgan fingerprint density at radius 1 is 1.04 bits per heavy atom. The quantitative estimate of drug-likeness (QED) is 0.871. The van der Waals surface area contributed by atoms with Gasteiger partial charge in [0.25, 0.3) is 0 Å². The van der Waals surface area contributed by atoms with E-state index in [0.29, 0.717) is 5.41 Å². The Morgan fingerprint density at radius 2 is 1.87 bits per heavy atom. The Labute approximate surface area is 148 Å². The first-order valence-electron chi connectivity index (χ1n) is 9.15. The number of nitrogens with zero attached hydrogens (tertiary/aromatic N) is 2. The highest BCUT2D eigenvalue weighted by Crippen LogP contribution is 2.36. The molecule has 0 radical (unpaired) electrons. The van der Waals surface area contributed by atoms with Gasteiger partial charge in [-0.25, -0.2) is 0 Å². The van der Waals surface area contributed by atoms with Gasteiger partial charge >= 0.3 is 0 Å². The van der Waals surface area contributed by atoms with Gasteiger partial charge in [-0.15, -0.1) is 0 Å². The van der Waals surface area contributed by atoms with E-state index in [1.54, 1.807) is 0 Å². The molecular formula is C19H28BrN3. The van der Waals surface area contributed by atoms with Crippen LogP contribution in [0.4, 0.5) is 0 Å². The first-order valence-corrected chi connectivity index (χ1v) is 9.95. The van der Waals surface area contributed by atoms with Gasteiger partial charge in [-0.2, -0.15) is 0 Å². The molecule has 0 amide bonds. The molecule has 126 valence electrons. The molecule has 1 unspecified atom stereocenters. The van der Waals surface area contributed by atoms with Crippen LogP contribution in [0, 0.1) is 5.41 Å². The standard InChI is InChI=1S/C19H28BrN3/c20-18-4-3-16-12-23(13-17(16)11-18)10-9-22-8-2-6-19(15-22)5-1-7-21-14-19/h3-4,11,21H,1-2,5-10,12-15H2. The van der Waals surface area contributed by atoms with Crippen LogP contribution in [-0.2, 0) is 13.1 Å². The molecule has 1 aromatic rings. The van der Waals surface area contributed by atoms with E-state index in [4.69, 9.17) is 0 Å². The molecule has 3 aliphatic heterocycles. The fourth-order valence-corrected chi connectivity index (χ4v) is 5.16. The van der Waals surface area contributed by atoms with Gasteiger partial charge in [0.05, 0.1) is 0 Å². The summed E-state index contributed by atoms with van der Waals surface area (Å²) in [6.07, 6.45) is 5.61. The minimum atomic E-state index is 0.579. The fourth-order valence-electron chi connectivity index (χ4n) is 4.75. The van der Waals surface area contributed by atoms with Gasteiger partial charge in [0.15, 0.2) is 0 Å². The topological polar surface area (TPSA) is 18.5 Å². The molecule has 2 saturated heterocycles. The molecule has 0 aromatic heterocycles. The minimum absolute atomic E-state index is 0.579. The molecule has 4 rings (SSSR count). The Balaban J connectivity index is 1.30. The first kappa shape index (κ1) is 16.1. The highest BCUT2D eigenvalue weighted by molar-refractivity contribution is 9.10. The van der Waals surface area contributed by atoms with E-state index in [1.165, 1.54) is 80.6 Å². The zero-order valence-electron chi connectivity index (χ0n) is 14.0. The van der Waals surface area contributed by atoms with Crippen molar-refractivity contribution in [3.63, 3.8) is 0 Å². The van der Waals surface area contributed by atoms with Gasteiger partial charge in [0.2, 0.25) is 0 Å². The first-order chi connectivity index (χ1) is 11.2. The number of fused-ring (bicyclic) bond motifs is 1. The zero-order valence-corrected chi connectivity index (χ0v) is 15.6. The van der Waals surface area contributed by atoms with E-state index >= 15 is 0 Å². The van der Waals surface area contributed by atoms with Crippen molar-refractivity contribution in [3.05, 3.63) is 33.8 Å². The Hall–Kier alpha value is -0.420. The fraction of sp³-hybridized carbons (Fsp3) is 0.684. The van der Waals surface area contributed by atoms with Crippen LogP contribution in [0.2, 0.25) is 0 Å². The number of hydrogen-bond donors (Lipinski definition) is 1. The molecule has 0 bridgehead atoms. The summed E-state index contributed by atoms with van der Waals surface area (Å²) in [5.41, 5.74) is 3.60. The third kappa shape index (κ3) is 3.65. The number of benzene rings is 1. The Kier molecular flexibility index (Phi) is 4.77. The van der Waals surface area contributed by atoms with Crippen LogP contribution in [0.3, 0.4) is 0 Å². The maximum absolute atomic E-state index is 3.64. The van der Waals surface area contributed by atoms with Crippen LogP contribution >= 0.6 is 15.9 Å². The molecule has 1 spiro atoms. The average Bonchev–Trinajstić information content (AvgIpc) is 2.96. The van der Waals surface area contributed by atoms with Crippen LogP contribution in [-0.4, -0.2) is 49.1 Å². The van der Waals surface area contributed by atoms with E-state index in [2.05, 4.69) is 49.2 Å². The summed E-state index contributed by atoms with van der Waals surface area (Å²) in [7, 11) is 0. The second-order valence-corrected chi connectivity index (χ2v) is 8.70. The van der Waals surface area contributed by atoms with E-state index < -0.39 is 0 Å². The number of piperidine rings is 2. The second-order valence-electron chi connectivity index (χ2n) is 7.78. The van der Waals surface area contributed by atoms with Crippen molar-refractivity contribution in [3.8, 4) is 0 Å². The van der Waals surface area contributed by atoms with Gasteiger partial charge in [-0.1, -0.05) is 22.0 Å². The molecule has 3 nitrogen and oxygen atoms in total. The number of rotatable bonds is 3. The van der Waals surface area contributed by atoms with Crippen LogP contribution < -0.4 is 5.32 Å². The van der Waals surface area contributed by atoms with E-state index in [1.807, 2.05) is 0 Å². The largest absolute Gasteiger partial charge is 0.316 e. The van der Waals surface area contributed by atoms with Gasteiger partial charge in [0.1, 0.15) is 0 Å². The van der Waals surface area contributed by atoms with Crippen molar-refractivity contribution in [2.45, 2.75) is 38.8 Å². The third-order valence-electron chi connectivity index (χ3n) is 5.99. The summed E-state index contributed by atoms with van der Waals surface area (Å²) in [5.74, 6) is 0. The summed E-state index contributed by atoms with van der Waals surface area (Å²) in [5, 5.41) is 3.64. The lowest BCUT2D eigenvalue weighted by molar-refractivity contribution is 0.0575. The highest BCUT2D eigenvalue weighted by Gasteiger charge is 2.36. The predicted molar refractivity (Wildman–Crippen MR) is 98.5 cm³/mol. The summed E-state index contributed by atoms with van der Waals surface area (Å²) < 4.78 is 1.21. The van der Waals surface area contributed by atoms with Crippen molar-refractivity contribution in [1.29, 1.82) is 0 Å². The minimum Gasteiger partial charge on any atom is -0.316 e. The Bertz CT molecular complexity index is 548. The summed E-state index contributed by atoms with van der Waals surface area (Å²) in [4.78, 5) is 5.34. The molecule has 1 atom stereocenters. The molecule has 3 aliphatic rings. The van der Waals surface area contributed by atoms with Crippen LogP contribution in [0.5, 0.6) is 0 Å². The normalized spacial score (nSPS) is 29.1. The second kappa shape index (κ2) is 6.83. The lowest BCUT2D eigenvalue weighted by Gasteiger charge is -2.45.